The first-order valence-electron chi connectivity index (χ1n) is 30.0. The number of hydrogen-bond donors (Lipinski definition) is 0. The average Bonchev–Trinajstić information content (AvgIpc) is 1.26. The van der Waals surface area contributed by atoms with Gasteiger partial charge in [0, 0.05) is 71.6 Å². The molecular formula is C81H49F5N6. The molecule has 6 aromatic heterocycles. The molecule has 438 valence electrons. The maximum Gasteiger partial charge on any atom is 0.416 e. The van der Waals surface area contributed by atoms with Crippen molar-refractivity contribution in [3.8, 4) is 113 Å². The zero-order valence-electron chi connectivity index (χ0n) is 48.9. The molecule has 92 heavy (non-hydrogen) atoms. The fraction of sp³-hybridized carbons (Fsp3) is 0.0123. The van der Waals surface area contributed by atoms with Crippen LogP contribution in [0.25, 0.3) is 156 Å². The monoisotopic (exact) mass is 1200 g/mol. The summed E-state index contributed by atoms with van der Waals surface area (Å²) in [6.45, 7) is 0. The zero-order valence-corrected chi connectivity index (χ0v) is 48.9. The molecule has 0 saturated heterocycles. The van der Waals surface area contributed by atoms with Gasteiger partial charge in [-0.15, -0.1) is 0 Å². The number of aromatic nitrogens is 6. The second-order valence-corrected chi connectivity index (χ2v) is 22.7. The van der Waals surface area contributed by atoms with Gasteiger partial charge in [0.15, 0.2) is 0 Å². The Bertz CT molecular complexity index is 4920. The van der Waals surface area contributed by atoms with Crippen LogP contribution < -0.4 is 0 Å². The first-order chi connectivity index (χ1) is 45.1. The van der Waals surface area contributed by atoms with Gasteiger partial charge in [-0.1, -0.05) is 200 Å². The molecule has 0 aliphatic carbocycles. The van der Waals surface area contributed by atoms with Crippen molar-refractivity contribution in [1.82, 2.24) is 29.1 Å². The van der Waals surface area contributed by atoms with E-state index in [2.05, 4.69) is 0 Å². The van der Waals surface area contributed by atoms with Gasteiger partial charge in [0.1, 0.15) is 11.6 Å². The molecule has 6 heterocycles. The molecule has 0 atom stereocenters. The molecule has 0 saturated carbocycles. The van der Waals surface area contributed by atoms with Gasteiger partial charge in [-0.3, -0.25) is 0 Å². The number of hydrogen-bond acceptors (Lipinski definition) is 4. The van der Waals surface area contributed by atoms with Gasteiger partial charge in [-0.05, 0) is 97.1 Å². The molecule has 0 N–H and O–H groups in total. The molecule has 0 aliphatic rings. The van der Waals surface area contributed by atoms with Crippen molar-refractivity contribution in [2.24, 2.45) is 0 Å². The topological polar surface area (TPSA) is 61.4 Å². The van der Waals surface area contributed by atoms with Crippen LogP contribution in [0.15, 0.2) is 297 Å². The molecular weight excluding hydrogens is 1150 g/mol. The molecule has 0 bridgehead atoms. The van der Waals surface area contributed by atoms with Gasteiger partial charge in [0.2, 0.25) is 0 Å². The molecule has 0 radical (unpaired) electrons. The Hall–Kier alpha value is -12.0. The van der Waals surface area contributed by atoms with Crippen LogP contribution >= 0.6 is 0 Å². The van der Waals surface area contributed by atoms with Crippen LogP contribution in [0, 0.1) is 11.6 Å². The third-order valence-corrected chi connectivity index (χ3v) is 17.1. The third-order valence-electron chi connectivity index (χ3n) is 17.1. The molecule has 6 nitrogen and oxygen atoms in total. The predicted octanol–water partition coefficient (Wildman–Crippen LogP) is 21.8. The molecule has 10 aromatic carbocycles. The van der Waals surface area contributed by atoms with Crippen LogP contribution in [0.3, 0.4) is 0 Å². The first kappa shape index (κ1) is 55.4. The van der Waals surface area contributed by atoms with Crippen molar-refractivity contribution < 1.29 is 22.0 Å². The molecule has 0 aliphatic heterocycles. The van der Waals surface area contributed by atoms with Crippen LogP contribution in [0.1, 0.15) is 5.56 Å². The Labute approximate surface area is 525 Å². The Morgan fingerprint density at radius 3 is 0.750 bits per heavy atom. The zero-order chi connectivity index (χ0) is 62.0. The highest BCUT2D eigenvalue weighted by molar-refractivity contribution is 6.14. The molecule has 0 unspecified atom stereocenters. The van der Waals surface area contributed by atoms with Crippen LogP contribution in [-0.2, 0) is 6.18 Å². The number of pyridine rings is 4. The summed E-state index contributed by atoms with van der Waals surface area (Å²) in [6.07, 6.45) is -5.01. The average molecular weight is 1200 g/mol. The van der Waals surface area contributed by atoms with Gasteiger partial charge >= 0.3 is 6.18 Å². The van der Waals surface area contributed by atoms with E-state index in [1.165, 1.54) is 6.07 Å². The Kier molecular flexibility index (Phi) is 13.6. The largest absolute Gasteiger partial charge is 0.416 e. The third kappa shape index (κ3) is 9.93. The smallest absolute Gasteiger partial charge is 0.308 e. The normalized spacial score (nSPS) is 11.8. The highest BCUT2D eigenvalue weighted by atomic mass is 19.4. The van der Waals surface area contributed by atoms with E-state index in [9.17, 15) is 0 Å². The van der Waals surface area contributed by atoms with Gasteiger partial charge < -0.3 is 9.13 Å². The summed E-state index contributed by atoms with van der Waals surface area (Å²) in [5, 5.41) is 2.67. The van der Waals surface area contributed by atoms with Crippen molar-refractivity contribution in [2.45, 2.75) is 6.18 Å². The SMILES string of the molecule is Fc1cccc(F)c1-c1c(-n2c3cc(-c4cccc(-c5ccccc5)n4)ccc3c3ccc(-c4cccc(-c5ccccc5)n4)cc32)cc(C(F)(F)F)cc1-n1c2cc(-c3cccc(-c4ccccc4)n3)ccc2c2ccc(-c3cccc(-c4ccccc4)n3)cc21. The van der Waals surface area contributed by atoms with E-state index in [1.54, 1.807) is 9.13 Å². The number of alkyl halides is 3. The molecule has 0 spiro atoms. The number of fused-ring (bicyclic) bond motifs is 6. The number of halogens is 5. The Morgan fingerprint density at radius 2 is 0.489 bits per heavy atom. The van der Waals surface area contributed by atoms with Crippen molar-refractivity contribution in [1.29, 1.82) is 0 Å². The Morgan fingerprint density at radius 1 is 0.239 bits per heavy atom. The summed E-state index contributed by atoms with van der Waals surface area (Å²) in [7, 11) is 0. The van der Waals surface area contributed by atoms with Gasteiger partial charge in [0.05, 0.1) is 90.1 Å². The quantitative estimate of drug-likeness (QED) is 0.121. The van der Waals surface area contributed by atoms with E-state index in [-0.39, 0.29) is 16.9 Å². The predicted molar refractivity (Wildman–Crippen MR) is 360 cm³/mol. The molecule has 16 rings (SSSR count). The van der Waals surface area contributed by atoms with Gasteiger partial charge in [-0.25, -0.2) is 28.7 Å². The maximum absolute atomic E-state index is 17.7. The minimum Gasteiger partial charge on any atom is -0.308 e. The van der Waals surface area contributed by atoms with Crippen LogP contribution in [0.2, 0.25) is 0 Å². The van der Waals surface area contributed by atoms with Crippen molar-refractivity contribution in [2.75, 3.05) is 0 Å². The van der Waals surface area contributed by atoms with E-state index in [0.29, 0.717) is 88.6 Å². The fourth-order valence-corrected chi connectivity index (χ4v) is 12.8. The summed E-state index contributed by atoms with van der Waals surface area (Å²) in [6, 6.07) is 90.7. The van der Waals surface area contributed by atoms with Gasteiger partial charge in [0.25, 0.3) is 0 Å². The lowest BCUT2D eigenvalue weighted by Gasteiger charge is -2.23. The van der Waals surface area contributed by atoms with Crippen molar-refractivity contribution in [3.05, 3.63) is 314 Å². The van der Waals surface area contributed by atoms with Crippen LogP contribution in [-0.4, -0.2) is 29.1 Å². The maximum atomic E-state index is 17.7. The molecule has 0 amide bonds. The Balaban J connectivity index is 1.03. The van der Waals surface area contributed by atoms with Crippen LogP contribution in [0.4, 0.5) is 22.0 Å². The highest BCUT2D eigenvalue weighted by Crippen LogP contribution is 2.48. The van der Waals surface area contributed by atoms with E-state index in [1.807, 2.05) is 267 Å². The lowest BCUT2D eigenvalue weighted by molar-refractivity contribution is -0.137. The highest BCUT2D eigenvalue weighted by Gasteiger charge is 2.36. The summed E-state index contributed by atoms with van der Waals surface area (Å²) in [5.41, 5.74) is 11.3. The number of rotatable bonds is 11. The van der Waals surface area contributed by atoms with Crippen LogP contribution in [0.5, 0.6) is 0 Å². The minimum atomic E-state index is -5.01. The molecule has 0 fully saturated rings. The second kappa shape index (κ2) is 22.6. The minimum absolute atomic E-state index is 0.137. The number of nitrogens with zero attached hydrogens (tertiary/aromatic N) is 6. The lowest BCUT2D eigenvalue weighted by Crippen LogP contribution is -2.12. The van der Waals surface area contributed by atoms with E-state index in [0.717, 1.165) is 69.3 Å². The fourth-order valence-electron chi connectivity index (χ4n) is 12.8. The van der Waals surface area contributed by atoms with Gasteiger partial charge in [-0.2, -0.15) is 13.2 Å². The van der Waals surface area contributed by atoms with E-state index >= 15 is 22.0 Å². The van der Waals surface area contributed by atoms with E-state index in [4.69, 9.17) is 19.9 Å². The molecule has 16 aromatic rings. The molecule has 11 heteroatoms. The standard InChI is InChI=1S/C81H49F5N6/c82-63-26-13-27-64(83)79(63)80-77(91-73-44-54(69-32-14-28-65(87-69)50-18-5-1-6-19-50)36-40-59(73)60-41-37-55(45-74(60)91)70-33-15-29-66(88-70)51-20-7-2-8-21-51)48-58(81(84,85)86)49-78(80)92-75-46-56(71-34-16-30-67(89-71)52-22-9-3-10-23-52)38-42-61(75)62-43-39-57(47-76(62)92)72-35-17-31-68(90-72)53-24-11-4-12-25-53/h1-49H. The van der Waals surface area contributed by atoms with Crippen molar-refractivity contribution >= 4 is 43.6 Å². The summed E-state index contributed by atoms with van der Waals surface area (Å²) < 4.78 is 88.8. The number of benzene rings is 10. The summed E-state index contributed by atoms with van der Waals surface area (Å²) >= 11 is 0. The van der Waals surface area contributed by atoms with E-state index < -0.39 is 28.9 Å². The second-order valence-electron chi connectivity index (χ2n) is 22.7. The van der Waals surface area contributed by atoms with Crippen molar-refractivity contribution in [3.63, 3.8) is 0 Å². The summed E-state index contributed by atoms with van der Waals surface area (Å²) in [5.74, 6) is -1.96. The first-order valence-corrected chi connectivity index (χ1v) is 30.0. The summed E-state index contributed by atoms with van der Waals surface area (Å²) in [4.78, 5) is 20.5. The lowest BCUT2D eigenvalue weighted by atomic mass is 9.96.